The van der Waals surface area contributed by atoms with E-state index in [1.54, 1.807) is 12.4 Å². The van der Waals surface area contributed by atoms with Gasteiger partial charge < -0.3 is 10.6 Å². The molecule has 0 spiro atoms. The minimum absolute atomic E-state index is 0.0813. The maximum absolute atomic E-state index is 11.5. The molecule has 0 bridgehead atoms. The maximum Gasteiger partial charge on any atom is 0.233 e. The quantitative estimate of drug-likeness (QED) is 0.777. The van der Waals surface area contributed by atoms with Gasteiger partial charge in [0.15, 0.2) is 0 Å². The SMILES string of the molecule is C[C@@H](NCC(=O)NCC1CC1)c1ccncc1. The largest absolute Gasteiger partial charge is 0.355 e. The van der Waals surface area contributed by atoms with Crippen molar-refractivity contribution in [3.63, 3.8) is 0 Å². The Bertz CT molecular complexity index is 362. The molecule has 1 fully saturated rings. The Kier molecular flexibility index (Phi) is 4.09. The van der Waals surface area contributed by atoms with Crippen molar-refractivity contribution in [2.45, 2.75) is 25.8 Å². The molecule has 92 valence electrons. The van der Waals surface area contributed by atoms with Crippen LogP contribution in [0, 0.1) is 5.92 Å². The van der Waals surface area contributed by atoms with Gasteiger partial charge in [0.1, 0.15) is 0 Å². The molecule has 1 atom stereocenters. The number of carbonyl (C=O) groups is 1. The van der Waals surface area contributed by atoms with E-state index in [0.29, 0.717) is 6.54 Å². The Morgan fingerprint density at radius 3 is 2.82 bits per heavy atom. The summed E-state index contributed by atoms with van der Waals surface area (Å²) < 4.78 is 0. The predicted octanol–water partition coefficient (Wildman–Crippen LogP) is 1.26. The van der Waals surface area contributed by atoms with Crippen molar-refractivity contribution in [2.24, 2.45) is 5.92 Å². The lowest BCUT2D eigenvalue weighted by atomic mass is 10.1. The molecule has 4 heteroatoms. The fraction of sp³-hybridized carbons (Fsp3) is 0.538. The van der Waals surface area contributed by atoms with E-state index in [1.807, 2.05) is 19.1 Å². The molecule has 1 heterocycles. The normalized spacial score (nSPS) is 16.5. The highest BCUT2D eigenvalue weighted by molar-refractivity contribution is 5.78. The van der Waals surface area contributed by atoms with Crippen molar-refractivity contribution in [1.29, 1.82) is 0 Å². The summed E-state index contributed by atoms with van der Waals surface area (Å²) in [5.74, 6) is 0.814. The second kappa shape index (κ2) is 5.77. The van der Waals surface area contributed by atoms with Crippen molar-refractivity contribution in [3.05, 3.63) is 30.1 Å². The molecule has 0 aliphatic heterocycles. The molecular formula is C13H19N3O. The molecule has 1 aliphatic carbocycles. The lowest BCUT2D eigenvalue weighted by Crippen LogP contribution is -2.36. The summed E-state index contributed by atoms with van der Waals surface area (Å²) >= 11 is 0. The van der Waals surface area contributed by atoms with Gasteiger partial charge in [-0.2, -0.15) is 0 Å². The van der Waals surface area contributed by atoms with Crippen LogP contribution in [0.5, 0.6) is 0 Å². The molecule has 0 radical (unpaired) electrons. The first-order chi connectivity index (χ1) is 8.25. The summed E-state index contributed by atoms with van der Waals surface area (Å²) in [5.41, 5.74) is 1.15. The number of nitrogens with zero attached hydrogens (tertiary/aromatic N) is 1. The first kappa shape index (κ1) is 12.0. The zero-order valence-corrected chi connectivity index (χ0v) is 10.1. The average Bonchev–Trinajstić information content (AvgIpc) is 3.18. The van der Waals surface area contributed by atoms with Crippen LogP contribution in [0.2, 0.25) is 0 Å². The highest BCUT2D eigenvalue weighted by atomic mass is 16.1. The average molecular weight is 233 g/mol. The maximum atomic E-state index is 11.5. The summed E-state index contributed by atoms with van der Waals surface area (Å²) in [6, 6.07) is 4.09. The number of rotatable bonds is 6. The number of pyridine rings is 1. The third kappa shape index (κ3) is 4.15. The van der Waals surface area contributed by atoms with Crippen LogP contribution < -0.4 is 10.6 Å². The van der Waals surface area contributed by atoms with Crippen molar-refractivity contribution in [2.75, 3.05) is 13.1 Å². The smallest absolute Gasteiger partial charge is 0.233 e. The Labute approximate surface area is 102 Å². The molecule has 1 aliphatic rings. The first-order valence-corrected chi connectivity index (χ1v) is 6.15. The van der Waals surface area contributed by atoms with E-state index >= 15 is 0 Å². The molecule has 2 N–H and O–H groups in total. The van der Waals surface area contributed by atoms with Crippen molar-refractivity contribution < 1.29 is 4.79 Å². The standard InChI is InChI=1S/C13H19N3O/c1-10(12-4-6-14-7-5-12)15-9-13(17)16-8-11-2-3-11/h4-7,10-11,15H,2-3,8-9H2,1H3,(H,16,17)/t10-/m1/s1. The molecule has 1 aromatic heterocycles. The summed E-state index contributed by atoms with van der Waals surface area (Å²) in [7, 11) is 0. The van der Waals surface area contributed by atoms with Crippen LogP contribution in [0.4, 0.5) is 0 Å². The molecule has 17 heavy (non-hydrogen) atoms. The second-order valence-electron chi connectivity index (χ2n) is 4.63. The Morgan fingerprint density at radius 2 is 2.18 bits per heavy atom. The number of nitrogens with one attached hydrogen (secondary N) is 2. The zero-order chi connectivity index (χ0) is 12.1. The molecule has 4 nitrogen and oxygen atoms in total. The van der Waals surface area contributed by atoms with Gasteiger partial charge in [0, 0.05) is 25.0 Å². The predicted molar refractivity (Wildman–Crippen MR) is 66.4 cm³/mol. The third-order valence-corrected chi connectivity index (χ3v) is 3.06. The van der Waals surface area contributed by atoms with Gasteiger partial charge in [-0.25, -0.2) is 0 Å². The zero-order valence-electron chi connectivity index (χ0n) is 10.1. The van der Waals surface area contributed by atoms with E-state index < -0.39 is 0 Å². The van der Waals surface area contributed by atoms with Gasteiger partial charge >= 0.3 is 0 Å². The first-order valence-electron chi connectivity index (χ1n) is 6.15. The van der Waals surface area contributed by atoms with E-state index in [4.69, 9.17) is 0 Å². The summed E-state index contributed by atoms with van der Waals surface area (Å²) in [5, 5.41) is 6.14. The van der Waals surface area contributed by atoms with Gasteiger partial charge in [0.2, 0.25) is 5.91 Å². The van der Waals surface area contributed by atoms with Gasteiger partial charge in [-0.15, -0.1) is 0 Å². The van der Waals surface area contributed by atoms with Gasteiger partial charge in [0.05, 0.1) is 6.54 Å². The van der Waals surface area contributed by atoms with Crippen LogP contribution >= 0.6 is 0 Å². The number of amides is 1. The molecule has 1 amide bonds. The Balaban J connectivity index is 1.68. The Morgan fingerprint density at radius 1 is 1.47 bits per heavy atom. The van der Waals surface area contributed by atoms with Crippen LogP contribution in [0.3, 0.4) is 0 Å². The number of hydrogen-bond acceptors (Lipinski definition) is 3. The van der Waals surface area contributed by atoms with Crippen LogP contribution in [-0.4, -0.2) is 24.0 Å². The van der Waals surface area contributed by atoms with E-state index in [1.165, 1.54) is 12.8 Å². The third-order valence-electron chi connectivity index (χ3n) is 3.06. The fourth-order valence-electron chi connectivity index (χ4n) is 1.66. The highest BCUT2D eigenvalue weighted by Crippen LogP contribution is 2.27. The van der Waals surface area contributed by atoms with Crippen LogP contribution in [0.15, 0.2) is 24.5 Å². The second-order valence-corrected chi connectivity index (χ2v) is 4.63. The van der Waals surface area contributed by atoms with Gasteiger partial charge in [-0.05, 0) is 43.4 Å². The number of aromatic nitrogens is 1. The molecule has 2 rings (SSSR count). The summed E-state index contributed by atoms with van der Waals surface area (Å²) in [4.78, 5) is 15.5. The van der Waals surface area contributed by atoms with Gasteiger partial charge in [0.25, 0.3) is 0 Å². The number of hydrogen-bond donors (Lipinski definition) is 2. The molecule has 0 saturated heterocycles. The monoisotopic (exact) mass is 233 g/mol. The summed E-state index contributed by atoms with van der Waals surface area (Å²) in [6.45, 7) is 3.25. The minimum atomic E-state index is 0.0813. The van der Waals surface area contributed by atoms with Crippen LogP contribution in [0.1, 0.15) is 31.4 Å². The Hall–Kier alpha value is -1.42. The van der Waals surface area contributed by atoms with Crippen molar-refractivity contribution in [1.82, 2.24) is 15.6 Å². The molecule has 0 unspecified atom stereocenters. The van der Waals surface area contributed by atoms with E-state index in [-0.39, 0.29) is 11.9 Å². The fourth-order valence-corrected chi connectivity index (χ4v) is 1.66. The summed E-state index contributed by atoms with van der Waals surface area (Å²) in [6.07, 6.45) is 6.06. The molecule has 1 saturated carbocycles. The van der Waals surface area contributed by atoms with Crippen molar-refractivity contribution >= 4 is 5.91 Å². The lowest BCUT2D eigenvalue weighted by molar-refractivity contribution is -0.120. The van der Waals surface area contributed by atoms with Gasteiger partial charge in [-0.1, -0.05) is 0 Å². The number of carbonyl (C=O) groups excluding carboxylic acids is 1. The van der Waals surface area contributed by atoms with Crippen LogP contribution in [-0.2, 0) is 4.79 Å². The van der Waals surface area contributed by atoms with E-state index in [9.17, 15) is 4.79 Å². The molecule has 1 aromatic rings. The topological polar surface area (TPSA) is 54.0 Å². The van der Waals surface area contributed by atoms with Crippen molar-refractivity contribution in [3.8, 4) is 0 Å². The molecule has 0 aromatic carbocycles. The van der Waals surface area contributed by atoms with E-state index in [2.05, 4.69) is 15.6 Å². The van der Waals surface area contributed by atoms with E-state index in [0.717, 1.165) is 18.0 Å². The minimum Gasteiger partial charge on any atom is -0.355 e. The molecular weight excluding hydrogens is 214 g/mol. The highest BCUT2D eigenvalue weighted by Gasteiger charge is 2.21. The van der Waals surface area contributed by atoms with Gasteiger partial charge in [-0.3, -0.25) is 9.78 Å². The lowest BCUT2D eigenvalue weighted by Gasteiger charge is -2.13. The van der Waals surface area contributed by atoms with Crippen LogP contribution in [0.25, 0.3) is 0 Å².